The van der Waals surface area contributed by atoms with Gasteiger partial charge in [0.2, 0.25) is 0 Å². The molecule has 1 aromatic rings. The van der Waals surface area contributed by atoms with E-state index < -0.39 is 0 Å². The van der Waals surface area contributed by atoms with Gasteiger partial charge in [0.05, 0.1) is 0 Å². The van der Waals surface area contributed by atoms with Gasteiger partial charge in [-0.05, 0) is 36.8 Å². The lowest BCUT2D eigenvalue weighted by Gasteiger charge is -2.34. The molecule has 2 aliphatic rings. The van der Waals surface area contributed by atoms with Crippen molar-refractivity contribution in [1.29, 1.82) is 0 Å². The van der Waals surface area contributed by atoms with Crippen LogP contribution in [0.1, 0.15) is 31.7 Å². The third kappa shape index (κ3) is 4.68. The molecule has 0 unspecified atom stereocenters. The van der Waals surface area contributed by atoms with E-state index >= 15 is 0 Å². The Kier molecular flexibility index (Phi) is 5.09. The molecule has 1 saturated carbocycles. The van der Waals surface area contributed by atoms with E-state index in [-0.39, 0.29) is 0 Å². The largest absolute Gasteiger partial charge is 0.370 e. The van der Waals surface area contributed by atoms with Crippen molar-refractivity contribution in [2.24, 2.45) is 5.92 Å². The molecular formula is C17H28N4. The van der Waals surface area contributed by atoms with E-state index in [4.69, 9.17) is 0 Å². The predicted molar refractivity (Wildman–Crippen MR) is 87.5 cm³/mol. The molecule has 116 valence electrons. The summed E-state index contributed by atoms with van der Waals surface area (Å²) in [6.45, 7) is 10.4. The van der Waals surface area contributed by atoms with Crippen molar-refractivity contribution in [3.8, 4) is 0 Å². The molecule has 0 aromatic carbocycles. The van der Waals surface area contributed by atoms with Crippen LogP contribution < -0.4 is 5.32 Å². The van der Waals surface area contributed by atoms with Crippen LogP contribution in [0.5, 0.6) is 0 Å². The van der Waals surface area contributed by atoms with Gasteiger partial charge in [-0.2, -0.15) is 0 Å². The normalized spacial score (nSPS) is 20.6. The molecule has 1 saturated heterocycles. The molecule has 0 bridgehead atoms. The Morgan fingerprint density at radius 2 is 1.90 bits per heavy atom. The number of nitrogens with one attached hydrogen (secondary N) is 1. The second-order valence-corrected chi connectivity index (χ2v) is 6.50. The van der Waals surface area contributed by atoms with Crippen molar-refractivity contribution in [2.45, 2.75) is 32.7 Å². The lowest BCUT2D eigenvalue weighted by Crippen LogP contribution is -2.46. The van der Waals surface area contributed by atoms with Gasteiger partial charge >= 0.3 is 0 Å². The SMILES string of the molecule is CCCNc1ccc(CN2CCN(CC3CC3)CC2)cn1. The first-order valence-electron chi connectivity index (χ1n) is 8.47. The molecule has 1 aliphatic carbocycles. The highest BCUT2D eigenvalue weighted by atomic mass is 15.3. The summed E-state index contributed by atoms with van der Waals surface area (Å²) < 4.78 is 0. The Morgan fingerprint density at radius 1 is 1.14 bits per heavy atom. The fourth-order valence-electron chi connectivity index (χ4n) is 2.93. The standard InChI is InChI=1S/C17H28N4/c1-2-7-18-17-6-5-16(12-19-17)14-21-10-8-20(9-11-21)13-15-3-4-15/h5-6,12,15H,2-4,7-11,13-14H2,1H3,(H,18,19). The van der Waals surface area contributed by atoms with Gasteiger partial charge in [0.15, 0.2) is 0 Å². The van der Waals surface area contributed by atoms with Crippen molar-refractivity contribution in [3.63, 3.8) is 0 Å². The summed E-state index contributed by atoms with van der Waals surface area (Å²) in [6, 6.07) is 4.32. The number of piperazine rings is 1. The molecule has 21 heavy (non-hydrogen) atoms. The molecule has 4 nitrogen and oxygen atoms in total. The van der Waals surface area contributed by atoms with Gasteiger partial charge in [-0.15, -0.1) is 0 Å². The molecule has 2 fully saturated rings. The molecule has 0 amide bonds. The van der Waals surface area contributed by atoms with Crippen LogP contribution in [0, 0.1) is 5.92 Å². The van der Waals surface area contributed by atoms with Crippen LogP contribution in [-0.2, 0) is 6.54 Å². The summed E-state index contributed by atoms with van der Waals surface area (Å²) in [5, 5.41) is 3.32. The molecule has 0 atom stereocenters. The van der Waals surface area contributed by atoms with Crippen molar-refractivity contribution in [2.75, 3.05) is 44.6 Å². The Bertz CT molecular complexity index is 419. The lowest BCUT2D eigenvalue weighted by atomic mass is 10.2. The third-order valence-corrected chi connectivity index (χ3v) is 4.47. The summed E-state index contributed by atoms with van der Waals surface area (Å²) >= 11 is 0. The monoisotopic (exact) mass is 288 g/mol. The minimum atomic E-state index is 0.995. The van der Waals surface area contributed by atoms with E-state index in [1.165, 1.54) is 51.1 Å². The van der Waals surface area contributed by atoms with E-state index in [2.05, 4.69) is 39.2 Å². The van der Waals surface area contributed by atoms with E-state index in [0.29, 0.717) is 0 Å². The van der Waals surface area contributed by atoms with Gasteiger partial charge in [0, 0.05) is 52.0 Å². The molecule has 1 aromatic heterocycles. The van der Waals surface area contributed by atoms with Crippen LogP contribution in [-0.4, -0.2) is 54.1 Å². The number of nitrogens with zero attached hydrogens (tertiary/aromatic N) is 3. The first-order chi connectivity index (χ1) is 10.3. The summed E-state index contributed by atoms with van der Waals surface area (Å²) in [7, 11) is 0. The van der Waals surface area contributed by atoms with E-state index in [0.717, 1.165) is 31.2 Å². The number of hydrogen-bond acceptors (Lipinski definition) is 4. The zero-order valence-electron chi connectivity index (χ0n) is 13.2. The molecular weight excluding hydrogens is 260 g/mol. The number of rotatable bonds is 7. The van der Waals surface area contributed by atoms with Crippen LogP contribution in [0.2, 0.25) is 0 Å². The molecule has 3 rings (SSSR count). The van der Waals surface area contributed by atoms with Gasteiger partial charge in [0.25, 0.3) is 0 Å². The van der Waals surface area contributed by atoms with E-state index in [1.807, 2.05) is 6.20 Å². The van der Waals surface area contributed by atoms with E-state index in [1.54, 1.807) is 0 Å². The maximum absolute atomic E-state index is 4.50. The minimum absolute atomic E-state index is 0.995. The van der Waals surface area contributed by atoms with Crippen molar-refractivity contribution in [1.82, 2.24) is 14.8 Å². The number of aromatic nitrogens is 1. The van der Waals surface area contributed by atoms with Crippen molar-refractivity contribution >= 4 is 5.82 Å². The highest BCUT2D eigenvalue weighted by Crippen LogP contribution is 2.29. The first-order valence-corrected chi connectivity index (χ1v) is 8.47. The van der Waals surface area contributed by atoms with Gasteiger partial charge in [-0.3, -0.25) is 4.90 Å². The number of anilines is 1. The first kappa shape index (κ1) is 14.8. The van der Waals surface area contributed by atoms with Gasteiger partial charge in [-0.25, -0.2) is 4.98 Å². The van der Waals surface area contributed by atoms with Crippen LogP contribution in [0.25, 0.3) is 0 Å². The lowest BCUT2D eigenvalue weighted by molar-refractivity contribution is 0.123. The fraction of sp³-hybridized carbons (Fsp3) is 0.706. The molecule has 4 heteroatoms. The van der Waals surface area contributed by atoms with Crippen LogP contribution >= 0.6 is 0 Å². The molecule has 2 heterocycles. The van der Waals surface area contributed by atoms with Crippen molar-refractivity contribution in [3.05, 3.63) is 23.9 Å². The molecule has 1 aliphatic heterocycles. The molecule has 0 radical (unpaired) electrons. The Labute approximate surface area is 128 Å². The minimum Gasteiger partial charge on any atom is -0.370 e. The van der Waals surface area contributed by atoms with Gasteiger partial charge in [0.1, 0.15) is 5.82 Å². The third-order valence-electron chi connectivity index (χ3n) is 4.47. The smallest absolute Gasteiger partial charge is 0.125 e. The van der Waals surface area contributed by atoms with Gasteiger partial charge in [-0.1, -0.05) is 13.0 Å². The number of pyridine rings is 1. The summed E-state index contributed by atoms with van der Waals surface area (Å²) in [5.41, 5.74) is 1.33. The highest BCUT2D eigenvalue weighted by molar-refractivity contribution is 5.35. The summed E-state index contributed by atoms with van der Waals surface area (Å²) in [4.78, 5) is 9.69. The fourth-order valence-corrected chi connectivity index (χ4v) is 2.93. The van der Waals surface area contributed by atoms with Crippen LogP contribution in [0.4, 0.5) is 5.82 Å². The summed E-state index contributed by atoms with van der Waals surface area (Å²) in [5.74, 6) is 2.01. The maximum atomic E-state index is 4.50. The topological polar surface area (TPSA) is 31.4 Å². The predicted octanol–water partition coefficient (Wildman–Crippen LogP) is 2.43. The number of hydrogen-bond donors (Lipinski definition) is 1. The highest BCUT2D eigenvalue weighted by Gasteiger charge is 2.26. The van der Waals surface area contributed by atoms with Crippen molar-refractivity contribution < 1.29 is 0 Å². The second kappa shape index (κ2) is 7.23. The quantitative estimate of drug-likeness (QED) is 0.835. The molecule has 0 spiro atoms. The zero-order chi connectivity index (χ0) is 14.5. The average Bonchev–Trinajstić information content (AvgIpc) is 3.33. The Hall–Kier alpha value is -1.13. The zero-order valence-corrected chi connectivity index (χ0v) is 13.2. The van der Waals surface area contributed by atoms with Crippen LogP contribution in [0.3, 0.4) is 0 Å². The van der Waals surface area contributed by atoms with E-state index in [9.17, 15) is 0 Å². The summed E-state index contributed by atoms with van der Waals surface area (Å²) in [6.07, 6.45) is 6.08. The second-order valence-electron chi connectivity index (χ2n) is 6.50. The van der Waals surface area contributed by atoms with Gasteiger partial charge < -0.3 is 10.2 Å². The van der Waals surface area contributed by atoms with Crippen LogP contribution in [0.15, 0.2) is 18.3 Å². The maximum Gasteiger partial charge on any atom is 0.125 e. The molecule has 1 N–H and O–H groups in total. The average molecular weight is 288 g/mol. The Balaban J connectivity index is 1.41. The Morgan fingerprint density at radius 3 is 2.52 bits per heavy atom.